The Hall–Kier alpha value is -2.99. The van der Waals surface area contributed by atoms with E-state index in [4.69, 9.17) is 0 Å². The number of amides is 1. The summed E-state index contributed by atoms with van der Waals surface area (Å²) in [7, 11) is 3.90. The van der Waals surface area contributed by atoms with Gasteiger partial charge in [-0.25, -0.2) is 4.39 Å². The summed E-state index contributed by atoms with van der Waals surface area (Å²) in [6.07, 6.45) is 0. The van der Waals surface area contributed by atoms with E-state index < -0.39 is 23.5 Å². The number of aliphatic hydroxyl groups is 1. The van der Waals surface area contributed by atoms with Gasteiger partial charge in [0.1, 0.15) is 11.6 Å². The highest BCUT2D eigenvalue weighted by molar-refractivity contribution is 6.46. The maximum atomic E-state index is 13.4. The highest BCUT2D eigenvalue weighted by Crippen LogP contribution is 2.39. The molecule has 2 aromatic rings. The van der Waals surface area contributed by atoms with Crippen molar-refractivity contribution in [3.05, 3.63) is 77.1 Å². The lowest BCUT2D eigenvalue weighted by Gasteiger charge is -2.25. The Morgan fingerprint density at radius 1 is 1.07 bits per heavy atom. The average Bonchev–Trinajstić information content (AvgIpc) is 2.91. The fourth-order valence-electron chi connectivity index (χ4n) is 3.20. The van der Waals surface area contributed by atoms with Crippen molar-refractivity contribution in [3.63, 3.8) is 0 Å². The lowest BCUT2D eigenvalue weighted by Crippen LogP contribution is -3.06. The molecule has 1 amide bonds. The van der Waals surface area contributed by atoms with Gasteiger partial charge in [0.15, 0.2) is 0 Å². The van der Waals surface area contributed by atoms with Crippen molar-refractivity contribution in [1.82, 2.24) is 4.90 Å². The quantitative estimate of drug-likeness (QED) is 0.476. The van der Waals surface area contributed by atoms with Gasteiger partial charge in [0, 0.05) is 5.56 Å². The van der Waals surface area contributed by atoms with Crippen LogP contribution in [-0.4, -0.2) is 48.9 Å². The van der Waals surface area contributed by atoms with E-state index in [9.17, 15) is 19.1 Å². The van der Waals surface area contributed by atoms with E-state index >= 15 is 0 Å². The van der Waals surface area contributed by atoms with Crippen LogP contribution in [0.5, 0.6) is 0 Å². The summed E-state index contributed by atoms with van der Waals surface area (Å²) in [5.74, 6) is -2.00. The number of aliphatic hydroxyl groups excluding tert-OH is 1. The zero-order valence-electron chi connectivity index (χ0n) is 15.3. The maximum absolute atomic E-state index is 13.4. The zero-order chi connectivity index (χ0) is 19.6. The summed E-state index contributed by atoms with van der Waals surface area (Å²) in [6.45, 7) is 0.983. The van der Waals surface area contributed by atoms with Crippen molar-refractivity contribution in [1.29, 1.82) is 0 Å². The molecule has 1 aliphatic heterocycles. The molecule has 1 aliphatic rings. The minimum absolute atomic E-state index is 0.0339. The SMILES string of the molecule is C[NH+](C)CCN1C(=O)C(=O)C(=C(O)c2ccccc2)[C@H]1c1ccc(F)cc1. The first-order chi connectivity index (χ1) is 12.9. The molecule has 0 spiro atoms. The van der Waals surface area contributed by atoms with Gasteiger partial charge >= 0.3 is 0 Å². The van der Waals surface area contributed by atoms with Crippen molar-refractivity contribution >= 4 is 17.4 Å². The summed E-state index contributed by atoms with van der Waals surface area (Å²) in [5, 5.41) is 10.8. The molecule has 1 heterocycles. The number of hydrogen-bond acceptors (Lipinski definition) is 3. The van der Waals surface area contributed by atoms with Crippen molar-refractivity contribution < 1.29 is 24.0 Å². The fraction of sp³-hybridized carbons (Fsp3) is 0.238. The number of nitrogens with zero attached hydrogens (tertiary/aromatic N) is 1. The molecule has 1 atom stereocenters. The van der Waals surface area contributed by atoms with Crippen molar-refractivity contribution in [2.24, 2.45) is 0 Å². The van der Waals surface area contributed by atoms with Gasteiger partial charge in [0.2, 0.25) is 0 Å². The van der Waals surface area contributed by atoms with Gasteiger partial charge in [-0.1, -0.05) is 42.5 Å². The molecule has 0 bridgehead atoms. The molecule has 27 heavy (non-hydrogen) atoms. The third kappa shape index (κ3) is 3.75. The number of benzene rings is 2. The lowest BCUT2D eigenvalue weighted by atomic mass is 9.95. The van der Waals surface area contributed by atoms with E-state index in [2.05, 4.69) is 0 Å². The van der Waals surface area contributed by atoms with E-state index in [-0.39, 0.29) is 11.3 Å². The molecule has 3 rings (SSSR count). The molecule has 1 saturated heterocycles. The maximum Gasteiger partial charge on any atom is 0.295 e. The molecule has 2 N–H and O–H groups in total. The molecule has 5 nitrogen and oxygen atoms in total. The number of quaternary nitrogens is 1. The minimum Gasteiger partial charge on any atom is -0.507 e. The number of halogens is 1. The molecule has 0 unspecified atom stereocenters. The van der Waals surface area contributed by atoms with E-state index in [1.54, 1.807) is 42.5 Å². The second-order valence-corrected chi connectivity index (χ2v) is 6.87. The summed E-state index contributed by atoms with van der Waals surface area (Å²) in [5.41, 5.74) is 1.08. The molecule has 0 aromatic heterocycles. The standard InChI is InChI=1S/C21H21FN2O3/c1-23(2)12-13-24-18(14-8-10-16(22)11-9-14)17(20(26)21(24)27)19(25)15-6-4-3-5-7-15/h3-11,18,25H,12-13H2,1-2H3/p+1/t18-/m1/s1. The average molecular weight is 369 g/mol. The number of Topliss-reactive ketones (excluding diaryl/α,β-unsaturated/α-hetero) is 1. The van der Waals surface area contributed by atoms with Crippen LogP contribution >= 0.6 is 0 Å². The van der Waals surface area contributed by atoms with Crippen LogP contribution in [0, 0.1) is 5.82 Å². The zero-order valence-corrected chi connectivity index (χ0v) is 15.3. The molecule has 6 heteroatoms. The van der Waals surface area contributed by atoms with Crippen molar-refractivity contribution in [3.8, 4) is 0 Å². The van der Waals surface area contributed by atoms with Crippen LogP contribution < -0.4 is 4.90 Å². The number of ketones is 1. The molecular formula is C21H22FN2O3+. The molecule has 0 radical (unpaired) electrons. The Morgan fingerprint density at radius 2 is 1.70 bits per heavy atom. The van der Waals surface area contributed by atoms with Gasteiger partial charge in [-0.05, 0) is 17.7 Å². The second kappa shape index (κ2) is 7.72. The number of carbonyl (C=O) groups excluding carboxylic acids is 2. The summed E-state index contributed by atoms with van der Waals surface area (Å²) >= 11 is 0. The van der Waals surface area contributed by atoms with Crippen molar-refractivity contribution in [2.75, 3.05) is 27.2 Å². The van der Waals surface area contributed by atoms with Crippen LogP contribution in [0.25, 0.3) is 5.76 Å². The van der Waals surface area contributed by atoms with Gasteiger partial charge in [-0.2, -0.15) is 0 Å². The second-order valence-electron chi connectivity index (χ2n) is 6.87. The Balaban J connectivity index is 2.13. The van der Waals surface area contributed by atoms with Gasteiger partial charge < -0.3 is 14.9 Å². The van der Waals surface area contributed by atoms with Crippen LogP contribution in [0.4, 0.5) is 4.39 Å². The largest absolute Gasteiger partial charge is 0.507 e. The Kier molecular flexibility index (Phi) is 5.37. The predicted molar refractivity (Wildman–Crippen MR) is 99.5 cm³/mol. The predicted octanol–water partition coefficient (Wildman–Crippen LogP) is 1.39. The summed E-state index contributed by atoms with van der Waals surface area (Å²) in [4.78, 5) is 28.0. The Morgan fingerprint density at radius 3 is 2.30 bits per heavy atom. The smallest absolute Gasteiger partial charge is 0.295 e. The van der Waals surface area contributed by atoms with E-state index in [1.807, 2.05) is 14.1 Å². The van der Waals surface area contributed by atoms with Gasteiger partial charge in [-0.3, -0.25) is 9.59 Å². The third-order valence-corrected chi connectivity index (χ3v) is 4.63. The van der Waals surface area contributed by atoms with Crippen molar-refractivity contribution in [2.45, 2.75) is 6.04 Å². The number of likely N-dealkylation sites (tertiary alicyclic amines) is 1. The highest BCUT2D eigenvalue weighted by atomic mass is 19.1. The van der Waals surface area contributed by atoms with Crippen LogP contribution in [-0.2, 0) is 9.59 Å². The first kappa shape index (κ1) is 18.8. The summed E-state index contributed by atoms with van der Waals surface area (Å²) < 4.78 is 13.4. The molecule has 2 aromatic carbocycles. The van der Waals surface area contributed by atoms with Gasteiger partial charge in [0.05, 0.1) is 38.8 Å². The van der Waals surface area contributed by atoms with E-state index in [0.29, 0.717) is 24.2 Å². The minimum atomic E-state index is -0.745. The number of rotatable bonds is 5. The monoisotopic (exact) mass is 369 g/mol. The number of likely N-dealkylation sites (N-methyl/N-ethyl adjacent to an activating group) is 1. The van der Waals surface area contributed by atoms with Crippen LogP contribution in [0.3, 0.4) is 0 Å². The molecule has 0 aliphatic carbocycles. The highest BCUT2D eigenvalue weighted by Gasteiger charge is 2.46. The van der Waals surface area contributed by atoms with E-state index in [0.717, 1.165) is 4.90 Å². The molecule has 1 fully saturated rings. The molecular weight excluding hydrogens is 347 g/mol. The number of hydrogen-bond donors (Lipinski definition) is 2. The molecule has 0 saturated carbocycles. The lowest BCUT2D eigenvalue weighted by molar-refractivity contribution is -0.857. The number of nitrogens with one attached hydrogen (secondary N) is 1. The fourth-order valence-corrected chi connectivity index (χ4v) is 3.20. The molecule has 140 valence electrons. The van der Waals surface area contributed by atoms with E-state index in [1.165, 1.54) is 17.0 Å². The number of carbonyl (C=O) groups is 2. The third-order valence-electron chi connectivity index (χ3n) is 4.63. The topological polar surface area (TPSA) is 62.0 Å². The normalized spacial score (nSPS) is 19.1. The summed E-state index contributed by atoms with van der Waals surface area (Å²) in [6, 6.07) is 13.5. The van der Waals surface area contributed by atoms with Crippen LogP contribution in [0.2, 0.25) is 0 Å². The first-order valence-corrected chi connectivity index (χ1v) is 8.78. The first-order valence-electron chi connectivity index (χ1n) is 8.78. The van der Waals surface area contributed by atoms with Crippen LogP contribution in [0.15, 0.2) is 60.2 Å². The van der Waals surface area contributed by atoms with Crippen LogP contribution in [0.1, 0.15) is 17.2 Å². The Bertz CT molecular complexity index is 876. The van der Waals surface area contributed by atoms with Gasteiger partial charge in [-0.15, -0.1) is 0 Å². The van der Waals surface area contributed by atoms with Gasteiger partial charge in [0.25, 0.3) is 11.7 Å². The Labute approximate surface area is 157 Å².